The Morgan fingerprint density at radius 1 is 1.03 bits per heavy atom. The predicted molar refractivity (Wildman–Crippen MR) is 119 cm³/mol. The molecule has 31 heavy (non-hydrogen) atoms. The normalized spacial score (nSPS) is 30.6. The van der Waals surface area contributed by atoms with Crippen LogP contribution < -0.4 is 0 Å². The maximum atomic E-state index is 11.1. The summed E-state index contributed by atoms with van der Waals surface area (Å²) in [5, 5.41) is 11.1. The molecule has 174 valence electrons. The average Bonchev–Trinajstić information content (AvgIpc) is 2.81. The maximum absolute atomic E-state index is 11.1. The monoisotopic (exact) mass is 434 g/mol. The van der Waals surface area contributed by atoms with Crippen molar-refractivity contribution in [3.63, 3.8) is 0 Å². The van der Waals surface area contributed by atoms with Crippen LogP contribution in [-0.2, 0) is 23.7 Å². The molecule has 2 aliphatic heterocycles. The van der Waals surface area contributed by atoms with Gasteiger partial charge in [-0.3, -0.25) is 0 Å². The van der Waals surface area contributed by atoms with Gasteiger partial charge in [-0.15, -0.1) is 6.58 Å². The Labute approximate surface area is 186 Å². The van der Waals surface area contributed by atoms with Gasteiger partial charge in [0.2, 0.25) is 0 Å². The molecular formula is C25H38O6. The summed E-state index contributed by atoms with van der Waals surface area (Å²) in [6.07, 6.45) is 5.84. The zero-order chi connectivity index (χ0) is 21.9. The van der Waals surface area contributed by atoms with Crippen molar-refractivity contribution in [3.05, 3.63) is 48.6 Å². The molecule has 3 rings (SSSR count). The molecular weight excluding hydrogens is 396 g/mol. The Morgan fingerprint density at radius 2 is 1.81 bits per heavy atom. The molecule has 2 heterocycles. The third-order valence-corrected chi connectivity index (χ3v) is 5.77. The first-order chi connectivity index (χ1) is 15.2. The Balaban J connectivity index is 1.56. The molecule has 6 nitrogen and oxygen atoms in total. The predicted octanol–water partition coefficient (Wildman–Crippen LogP) is 4.52. The van der Waals surface area contributed by atoms with Crippen LogP contribution in [0.4, 0.5) is 0 Å². The van der Waals surface area contributed by atoms with Crippen molar-refractivity contribution in [2.75, 3.05) is 19.8 Å². The molecule has 0 aliphatic carbocycles. The van der Waals surface area contributed by atoms with Gasteiger partial charge in [-0.1, -0.05) is 62.6 Å². The standard InChI is InChI=1S/C25H38O6/c1-3-5-7-8-9-13-17-28-25-23(27-16-6-4-2)21(26)22-20(30-25)18-29-24(31-22)19-14-11-10-12-15-19/h3,10-12,14-15,20-26H,1,4-9,13,16-18H2,2H3/t20?,21?,22-,23?,24?,25+/m0/s1. The van der Waals surface area contributed by atoms with E-state index in [-0.39, 0.29) is 0 Å². The molecule has 2 aliphatic rings. The minimum Gasteiger partial charge on any atom is -0.387 e. The largest absolute Gasteiger partial charge is 0.387 e. The summed E-state index contributed by atoms with van der Waals surface area (Å²) in [6.45, 7) is 7.33. The number of ether oxygens (including phenoxy) is 5. The molecule has 0 bridgehead atoms. The maximum Gasteiger partial charge on any atom is 0.186 e. The number of rotatable bonds is 13. The van der Waals surface area contributed by atoms with Gasteiger partial charge < -0.3 is 28.8 Å². The first-order valence-corrected chi connectivity index (χ1v) is 11.7. The van der Waals surface area contributed by atoms with E-state index in [2.05, 4.69) is 13.5 Å². The zero-order valence-electron chi connectivity index (χ0n) is 18.7. The molecule has 2 saturated heterocycles. The molecule has 1 aromatic rings. The highest BCUT2D eigenvalue weighted by atomic mass is 16.8. The molecule has 0 saturated carbocycles. The minimum atomic E-state index is -0.844. The van der Waals surface area contributed by atoms with E-state index in [0.29, 0.717) is 19.8 Å². The van der Waals surface area contributed by atoms with Crippen LogP contribution in [0, 0.1) is 0 Å². The van der Waals surface area contributed by atoms with Gasteiger partial charge in [-0.2, -0.15) is 0 Å². The third-order valence-electron chi connectivity index (χ3n) is 5.77. The number of hydrogen-bond acceptors (Lipinski definition) is 6. The summed E-state index contributed by atoms with van der Waals surface area (Å²) in [4.78, 5) is 0. The van der Waals surface area contributed by atoms with Crippen LogP contribution in [0.1, 0.15) is 63.7 Å². The van der Waals surface area contributed by atoms with Gasteiger partial charge >= 0.3 is 0 Å². The van der Waals surface area contributed by atoms with Gasteiger partial charge in [0.15, 0.2) is 12.6 Å². The van der Waals surface area contributed by atoms with Crippen molar-refractivity contribution in [3.8, 4) is 0 Å². The molecule has 1 aromatic carbocycles. The van der Waals surface area contributed by atoms with E-state index >= 15 is 0 Å². The lowest BCUT2D eigenvalue weighted by Crippen LogP contribution is -2.63. The van der Waals surface area contributed by atoms with E-state index in [4.69, 9.17) is 23.7 Å². The number of aliphatic hydroxyl groups is 1. The molecule has 2 fully saturated rings. The van der Waals surface area contributed by atoms with Gasteiger partial charge in [0.05, 0.1) is 6.61 Å². The Morgan fingerprint density at radius 3 is 2.58 bits per heavy atom. The van der Waals surface area contributed by atoms with Crippen LogP contribution in [0.25, 0.3) is 0 Å². The van der Waals surface area contributed by atoms with Crippen LogP contribution in [0.2, 0.25) is 0 Å². The molecule has 6 atom stereocenters. The van der Waals surface area contributed by atoms with E-state index in [9.17, 15) is 5.11 Å². The van der Waals surface area contributed by atoms with Crippen LogP contribution in [0.5, 0.6) is 0 Å². The number of benzene rings is 1. The number of hydrogen-bond donors (Lipinski definition) is 1. The number of fused-ring (bicyclic) bond motifs is 1. The summed E-state index contributed by atoms with van der Waals surface area (Å²) < 4.78 is 30.2. The van der Waals surface area contributed by atoms with Gasteiger partial charge in [-0.05, 0) is 25.7 Å². The average molecular weight is 435 g/mol. The SMILES string of the molecule is C=CCCCCCCO[C@@H]1OC2COC(c3ccccc3)O[C@@H]2C(O)C1OCCCC. The molecule has 1 N–H and O–H groups in total. The van der Waals surface area contributed by atoms with Crippen LogP contribution in [0.3, 0.4) is 0 Å². The van der Waals surface area contributed by atoms with Gasteiger partial charge in [0, 0.05) is 18.8 Å². The molecule has 4 unspecified atom stereocenters. The second-order valence-corrected chi connectivity index (χ2v) is 8.26. The van der Waals surface area contributed by atoms with Gasteiger partial charge in [0.1, 0.15) is 24.4 Å². The van der Waals surface area contributed by atoms with E-state index in [0.717, 1.165) is 50.5 Å². The van der Waals surface area contributed by atoms with Gasteiger partial charge in [0.25, 0.3) is 0 Å². The molecule has 0 radical (unpaired) electrons. The summed E-state index contributed by atoms with van der Waals surface area (Å²) >= 11 is 0. The molecule has 0 spiro atoms. The Kier molecular flexibility index (Phi) is 10.5. The summed E-state index contributed by atoms with van der Waals surface area (Å²) in [6, 6.07) is 9.75. The third kappa shape index (κ3) is 7.11. The van der Waals surface area contributed by atoms with E-state index < -0.39 is 37.0 Å². The van der Waals surface area contributed by atoms with E-state index in [1.165, 1.54) is 0 Å². The smallest absolute Gasteiger partial charge is 0.186 e. The zero-order valence-corrected chi connectivity index (χ0v) is 18.7. The van der Waals surface area contributed by atoms with Crippen LogP contribution in [0.15, 0.2) is 43.0 Å². The van der Waals surface area contributed by atoms with Crippen molar-refractivity contribution >= 4 is 0 Å². The molecule has 6 heteroatoms. The quantitative estimate of drug-likeness (QED) is 0.364. The summed E-state index contributed by atoms with van der Waals surface area (Å²) in [7, 11) is 0. The summed E-state index contributed by atoms with van der Waals surface area (Å²) in [5.74, 6) is 0. The minimum absolute atomic E-state index is 0.338. The fraction of sp³-hybridized carbons (Fsp3) is 0.680. The van der Waals surface area contributed by atoms with E-state index in [1.807, 2.05) is 36.4 Å². The lowest BCUT2D eigenvalue weighted by Gasteiger charge is -2.47. The highest BCUT2D eigenvalue weighted by molar-refractivity contribution is 5.16. The Hall–Kier alpha value is -1.28. The Bertz CT molecular complexity index is 624. The number of aliphatic hydroxyl groups excluding tert-OH is 1. The number of unbranched alkanes of at least 4 members (excludes halogenated alkanes) is 5. The van der Waals surface area contributed by atoms with Crippen molar-refractivity contribution < 1.29 is 28.8 Å². The molecule has 0 aromatic heterocycles. The van der Waals surface area contributed by atoms with Gasteiger partial charge in [-0.25, -0.2) is 0 Å². The lowest BCUT2D eigenvalue weighted by molar-refractivity contribution is -0.366. The fourth-order valence-corrected chi connectivity index (χ4v) is 3.97. The first-order valence-electron chi connectivity index (χ1n) is 11.7. The molecule has 0 amide bonds. The first kappa shape index (κ1) is 24.4. The highest BCUT2D eigenvalue weighted by Gasteiger charge is 2.50. The topological polar surface area (TPSA) is 66.4 Å². The van der Waals surface area contributed by atoms with Crippen molar-refractivity contribution in [1.29, 1.82) is 0 Å². The lowest BCUT2D eigenvalue weighted by atomic mass is 9.97. The number of allylic oxidation sites excluding steroid dienone is 1. The highest BCUT2D eigenvalue weighted by Crippen LogP contribution is 2.35. The fourth-order valence-electron chi connectivity index (χ4n) is 3.97. The second-order valence-electron chi connectivity index (χ2n) is 8.26. The van der Waals surface area contributed by atoms with Crippen LogP contribution in [-0.4, -0.2) is 55.6 Å². The van der Waals surface area contributed by atoms with Crippen molar-refractivity contribution in [2.45, 2.75) is 88.9 Å². The van der Waals surface area contributed by atoms with Crippen molar-refractivity contribution in [2.24, 2.45) is 0 Å². The van der Waals surface area contributed by atoms with E-state index in [1.54, 1.807) is 0 Å². The van der Waals surface area contributed by atoms with Crippen LogP contribution >= 0.6 is 0 Å². The van der Waals surface area contributed by atoms with Crippen molar-refractivity contribution in [1.82, 2.24) is 0 Å². The second kappa shape index (κ2) is 13.3. The summed E-state index contributed by atoms with van der Waals surface area (Å²) in [5.41, 5.74) is 0.923.